The van der Waals surface area contributed by atoms with Crippen LogP contribution in [0.4, 0.5) is 0 Å². The Morgan fingerprint density at radius 1 is 0.272 bits per heavy atom. The van der Waals surface area contributed by atoms with Crippen LogP contribution in [0.5, 0.6) is 0 Å². The van der Waals surface area contributed by atoms with Crippen LogP contribution in [0.1, 0.15) is 0 Å². The second kappa shape index (κ2) is 25.1. The maximum atomic E-state index is 3.69. The Morgan fingerprint density at radius 2 is 0.652 bits per heavy atom. The maximum absolute atomic E-state index is 3.69. The number of hydrogen-bond donors (Lipinski definition) is 1. The minimum absolute atomic E-state index is 0. The molecule has 3 radical (unpaired) electrons. The fourth-order valence-corrected chi connectivity index (χ4v) is 27.1. The van der Waals surface area contributed by atoms with Gasteiger partial charge < -0.3 is 9.55 Å². The van der Waals surface area contributed by atoms with Crippen LogP contribution >= 0.6 is 38.6 Å². The molecular weight excluding hydrogens is 1250 g/mol. The number of para-hydroxylation sites is 2. The van der Waals surface area contributed by atoms with E-state index >= 15 is 0 Å². The molecule has 14 aromatic carbocycles. The number of benzene rings is 14. The Labute approximate surface area is 555 Å². The SMILES string of the molecule is Brc1cccc([Si](c2ccccc2)(c2ccccc2)c2ccccc2)c1.[B].c1ccc([Si](c2ccccc2)(c2ccccc2)c2cccc(-n3c4ccccc4c4c5sc6ccccc6c5ccc43)c2)cc1.c1ccc2c(c1)[nH]c1ccc3c4ccccc4sc3c12. The minimum atomic E-state index is -2.66. The molecule has 4 heterocycles. The van der Waals surface area contributed by atoms with Gasteiger partial charge in [-0.05, 0) is 102 Å². The Hall–Kier alpha value is -9.90. The number of nitrogens with one attached hydrogen (secondary N) is 1. The first-order valence-corrected chi connectivity index (χ1v) is 37.3. The van der Waals surface area contributed by atoms with E-state index in [0.717, 1.165) is 4.47 Å². The summed E-state index contributed by atoms with van der Waals surface area (Å²) in [6.45, 7) is 0. The molecule has 0 spiro atoms. The van der Waals surface area contributed by atoms with Crippen molar-refractivity contribution in [2.45, 2.75) is 0 Å². The molecule has 2 nitrogen and oxygen atoms in total. The van der Waals surface area contributed by atoms with E-state index in [0.29, 0.717) is 0 Å². The largest absolute Gasteiger partial charge is 0.354 e. The lowest BCUT2D eigenvalue weighted by Crippen LogP contribution is -2.74. The van der Waals surface area contributed by atoms with Gasteiger partial charge in [-0.3, -0.25) is 0 Å². The highest BCUT2D eigenvalue weighted by Gasteiger charge is 2.43. The van der Waals surface area contributed by atoms with Crippen molar-refractivity contribution in [2.24, 2.45) is 0 Å². The molecule has 435 valence electrons. The second-order valence-corrected chi connectivity index (χ2v) is 33.8. The van der Waals surface area contributed by atoms with E-state index < -0.39 is 16.1 Å². The summed E-state index contributed by atoms with van der Waals surface area (Å²) in [5, 5.41) is 21.8. The third-order valence-electron chi connectivity index (χ3n) is 18.2. The van der Waals surface area contributed by atoms with Gasteiger partial charge in [-0.2, -0.15) is 0 Å². The highest BCUT2D eigenvalue weighted by Crippen LogP contribution is 2.44. The van der Waals surface area contributed by atoms with Crippen LogP contribution in [0, 0.1) is 0 Å². The van der Waals surface area contributed by atoms with Crippen molar-refractivity contribution in [1.29, 1.82) is 0 Å². The van der Waals surface area contributed by atoms with Gasteiger partial charge in [0, 0.05) is 91.5 Å². The van der Waals surface area contributed by atoms with Crippen LogP contribution in [-0.2, 0) is 0 Å². The molecule has 8 heteroatoms. The molecule has 0 aliphatic heterocycles. The van der Waals surface area contributed by atoms with Crippen molar-refractivity contribution in [3.63, 3.8) is 0 Å². The Kier molecular flexibility index (Phi) is 15.9. The summed E-state index contributed by atoms with van der Waals surface area (Å²) in [4.78, 5) is 3.52. The molecule has 0 atom stereocenters. The monoisotopic (exact) mass is 1310 g/mol. The average molecular weight is 1310 g/mol. The fraction of sp³-hybridized carbons (Fsp3) is 0. The van der Waals surface area contributed by atoms with Crippen molar-refractivity contribution < 1.29 is 0 Å². The first-order valence-electron chi connectivity index (χ1n) is 30.9. The Morgan fingerprint density at radius 3 is 1.14 bits per heavy atom. The van der Waals surface area contributed by atoms with Gasteiger partial charge >= 0.3 is 0 Å². The quantitative estimate of drug-likeness (QED) is 0.110. The highest BCUT2D eigenvalue weighted by molar-refractivity contribution is 9.10. The standard InChI is InChI=1S/C42H29NSSi.C24H19BrSi.C18H11NS.B/c1-4-16-31(17-5-1)45(32-18-6-2-7-19-32,33-20-8-3-9-21-33)34-22-14-15-30(29-34)43-38-25-12-10-24-37(38)41-39(43)28-27-36-35-23-11-13-26-40(35)44-42(36)41;25-20-11-10-18-24(19-20)26(21-12-4-1-5-13-21,22-14-6-2-7-15-22)23-16-8-3-9-17-23;1-3-7-14-13(6-1)17-15(19-14)10-9-12-11-5-2-4-8-16(11)20-18(12)17;/h1-29H;1-19H;1-10,19H;. The number of aromatic nitrogens is 2. The van der Waals surface area contributed by atoms with Crippen molar-refractivity contribution >= 4 is 189 Å². The molecule has 18 aromatic rings. The molecule has 18 rings (SSSR count). The van der Waals surface area contributed by atoms with E-state index in [1.54, 1.807) is 0 Å². The van der Waals surface area contributed by atoms with E-state index in [-0.39, 0.29) is 8.41 Å². The van der Waals surface area contributed by atoms with Gasteiger partial charge in [0.25, 0.3) is 0 Å². The van der Waals surface area contributed by atoms with Gasteiger partial charge in [0.1, 0.15) is 0 Å². The van der Waals surface area contributed by atoms with E-state index in [2.05, 4.69) is 377 Å². The second-order valence-electron chi connectivity index (χ2n) is 23.2. The molecule has 0 aliphatic rings. The van der Waals surface area contributed by atoms with Gasteiger partial charge in [0.05, 0.1) is 11.0 Å². The zero-order chi connectivity index (χ0) is 60.7. The third kappa shape index (κ3) is 9.98. The van der Waals surface area contributed by atoms with Crippen molar-refractivity contribution in [3.05, 3.63) is 356 Å². The zero-order valence-electron chi connectivity index (χ0n) is 50.2. The summed E-state index contributed by atoms with van der Waals surface area (Å²) < 4.78 is 9.05. The van der Waals surface area contributed by atoms with Crippen molar-refractivity contribution in [1.82, 2.24) is 9.55 Å². The molecule has 0 bridgehead atoms. The van der Waals surface area contributed by atoms with E-state index in [1.807, 2.05) is 22.7 Å². The third-order valence-corrected chi connectivity index (χ3v) is 30.7. The summed E-state index contributed by atoms with van der Waals surface area (Å²) in [6, 6.07) is 129. The molecule has 0 aliphatic carbocycles. The molecule has 0 amide bonds. The Balaban J connectivity index is 0.000000126. The summed E-state index contributed by atoms with van der Waals surface area (Å²) >= 11 is 7.49. The molecule has 4 aromatic heterocycles. The first kappa shape index (κ1) is 58.5. The van der Waals surface area contributed by atoms with Gasteiger partial charge in [-0.15, -0.1) is 22.7 Å². The molecular formula is C84H59BBrN2S2Si2. The number of aromatic amines is 1. The molecule has 0 saturated heterocycles. The molecule has 0 unspecified atom stereocenters. The van der Waals surface area contributed by atoms with Crippen LogP contribution in [-0.4, -0.2) is 34.1 Å². The number of halogens is 1. The van der Waals surface area contributed by atoms with Gasteiger partial charge in [0.2, 0.25) is 0 Å². The summed E-state index contributed by atoms with van der Waals surface area (Å²) in [5.74, 6) is 0. The van der Waals surface area contributed by atoms with E-state index in [4.69, 9.17) is 0 Å². The number of thiophene rings is 2. The topological polar surface area (TPSA) is 20.7 Å². The molecule has 0 saturated carbocycles. The van der Waals surface area contributed by atoms with Crippen LogP contribution in [0.25, 0.3) is 89.6 Å². The van der Waals surface area contributed by atoms with Crippen LogP contribution in [0.2, 0.25) is 0 Å². The maximum Gasteiger partial charge on any atom is 0.179 e. The fourth-order valence-electron chi connectivity index (χ4n) is 14.4. The molecule has 0 fully saturated rings. The average Bonchev–Trinajstić information content (AvgIpc) is 1.59. The smallest absolute Gasteiger partial charge is 0.179 e. The van der Waals surface area contributed by atoms with Crippen molar-refractivity contribution in [3.8, 4) is 5.69 Å². The van der Waals surface area contributed by atoms with Gasteiger partial charge in [0.15, 0.2) is 16.1 Å². The zero-order valence-corrected chi connectivity index (χ0v) is 55.4. The number of nitrogens with zero attached hydrogens (tertiary/aromatic N) is 1. The van der Waals surface area contributed by atoms with Crippen molar-refractivity contribution in [2.75, 3.05) is 0 Å². The minimum Gasteiger partial charge on any atom is -0.354 e. The highest BCUT2D eigenvalue weighted by atomic mass is 79.9. The lowest BCUT2D eigenvalue weighted by molar-refractivity contribution is 1.18. The summed E-state index contributed by atoms with van der Waals surface area (Å²) in [6.07, 6.45) is 0. The number of hydrogen-bond acceptors (Lipinski definition) is 2. The summed E-state index contributed by atoms with van der Waals surface area (Å²) in [5.41, 5.74) is 6.12. The van der Waals surface area contributed by atoms with Crippen LogP contribution in [0.3, 0.4) is 0 Å². The van der Waals surface area contributed by atoms with Gasteiger partial charge in [-0.1, -0.05) is 307 Å². The van der Waals surface area contributed by atoms with E-state index in [9.17, 15) is 0 Å². The van der Waals surface area contributed by atoms with Crippen LogP contribution in [0.15, 0.2) is 356 Å². The van der Waals surface area contributed by atoms with E-state index in [1.165, 1.54) is 131 Å². The summed E-state index contributed by atoms with van der Waals surface area (Å²) in [7, 11) is -5.02. The van der Waals surface area contributed by atoms with Gasteiger partial charge in [-0.25, -0.2) is 0 Å². The Bertz CT molecular complexity index is 5430. The normalized spacial score (nSPS) is 11.7. The lowest BCUT2D eigenvalue weighted by Gasteiger charge is -2.34. The predicted octanol–water partition coefficient (Wildman–Crippen LogP) is 17.7. The predicted molar refractivity (Wildman–Crippen MR) is 409 cm³/mol. The first-order chi connectivity index (χ1) is 45.1. The number of fused-ring (bicyclic) bond motifs is 14. The number of H-pyrrole nitrogens is 1. The number of rotatable bonds is 9. The molecule has 92 heavy (non-hydrogen) atoms. The lowest BCUT2D eigenvalue weighted by atomic mass is 10.1. The molecule has 1 N–H and O–H groups in total. The van der Waals surface area contributed by atoms with Crippen LogP contribution < -0.4 is 41.5 Å².